The van der Waals surface area contributed by atoms with Crippen LogP contribution in [0.2, 0.25) is 5.02 Å². The van der Waals surface area contributed by atoms with Gasteiger partial charge in [0.15, 0.2) is 5.01 Å². The molecule has 3 aromatic rings. The minimum atomic E-state index is -3.60. The molecule has 1 aromatic heterocycles. The van der Waals surface area contributed by atoms with Crippen molar-refractivity contribution in [1.29, 1.82) is 0 Å². The van der Waals surface area contributed by atoms with E-state index in [1.54, 1.807) is 30.3 Å². The maximum Gasteiger partial charge on any atom is 0.243 e. The fraction of sp³-hybridized carbons (Fsp3) is 0.263. The zero-order valence-corrected chi connectivity index (χ0v) is 17.1. The van der Waals surface area contributed by atoms with E-state index in [9.17, 15) is 12.8 Å². The lowest BCUT2D eigenvalue weighted by Crippen LogP contribution is -2.39. The third-order valence-electron chi connectivity index (χ3n) is 4.73. The highest BCUT2D eigenvalue weighted by Crippen LogP contribution is 2.35. The molecule has 0 amide bonds. The van der Waals surface area contributed by atoms with Gasteiger partial charge in [-0.3, -0.25) is 0 Å². The van der Waals surface area contributed by atoms with Crippen molar-refractivity contribution in [3.63, 3.8) is 0 Å². The van der Waals surface area contributed by atoms with E-state index in [0.717, 1.165) is 17.8 Å². The average molecular weight is 438 g/mol. The number of sulfonamides is 1. The first-order chi connectivity index (χ1) is 13.4. The standard InChI is InChI=1S/C19H17ClFN3O2S2/c20-14-7-9-15(10-8-14)28(25,26)24-11-3-4-13(12-24)18-22-23-19(27-18)16-5-1-2-6-17(16)21/h1-2,5-10,13H,3-4,11-12H2. The van der Waals surface area contributed by atoms with E-state index in [2.05, 4.69) is 10.2 Å². The lowest BCUT2D eigenvalue weighted by Gasteiger charge is -2.30. The summed E-state index contributed by atoms with van der Waals surface area (Å²) in [7, 11) is -3.60. The highest BCUT2D eigenvalue weighted by atomic mass is 35.5. The van der Waals surface area contributed by atoms with Crippen molar-refractivity contribution in [1.82, 2.24) is 14.5 Å². The second-order valence-corrected chi connectivity index (χ2v) is 9.96. The third kappa shape index (κ3) is 3.82. The summed E-state index contributed by atoms with van der Waals surface area (Å²) in [5, 5.41) is 10.1. The lowest BCUT2D eigenvalue weighted by atomic mass is 10.0. The van der Waals surface area contributed by atoms with Crippen LogP contribution in [0.25, 0.3) is 10.6 Å². The molecule has 0 N–H and O–H groups in total. The van der Waals surface area contributed by atoms with Gasteiger partial charge in [0, 0.05) is 29.6 Å². The van der Waals surface area contributed by atoms with E-state index in [0.29, 0.717) is 28.7 Å². The second kappa shape index (κ2) is 7.87. The molecule has 146 valence electrons. The van der Waals surface area contributed by atoms with Crippen LogP contribution >= 0.6 is 22.9 Å². The molecule has 1 fully saturated rings. The molecule has 2 aromatic carbocycles. The zero-order chi connectivity index (χ0) is 19.7. The van der Waals surface area contributed by atoms with Crippen molar-refractivity contribution in [3.8, 4) is 10.6 Å². The molecule has 1 atom stereocenters. The Balaban J connectivity index is 1.56. The molecule has 0 saturated carbocycles. The van der Waals surface area contributed by atoms with Gasteiger partial charge in [0.05, 0.1) is 4.90 Å². The van der Waals surface area contributed by atoms with E-state index in [-0.39, 0.29) is 16.6 Å². The van der Waals surface area contributed by atoms with Crippen LogP contribution < -0.4 is 0 Å². The van der Waals surface area contributed by atoms with E-state index < -0.39 is 10.0 Å². The molecule has 5 nitrogen and oxygen atoms in total. The van der Waals surface area contributed by atoms with Gasteiger partial charge in [0.1, 0.15) is 10.8 Å². The normalized spacial score (nSPS) is 18.3. The van der Waals surface area contributed by atoms with Gasteiger partial charge in [0.2, 0.25) is 10.0 Å². The second-order valence-electron chi connectivity index (χ2n) is 6.58. The van der Waals surface area contributed by atoms with E-state index in [1.165, 1.54) is 33.8 Å². The molecular weight excluding hydrogens is 421 g/mol. The number of hydrogen-bond donors (Lipinski definition) is 0. The number of piperidine rings is 1. The Hall–Kier alpha value is -1.87. The van der Waals surface area contributed by atoms with Crippen LogP contribution in [0.1, 0.15) is 23.8 Å². The Labute approximate surface area is 171 Å². The number of benzene rings is 2. The minimum absolute atomic E-state index is 0.0613. The summed E-state index contributed by atoms with van der Waals surface area (Å²) in [6, 6.07) is 12.6. The maximum atomic E-state index is 14.0. The summed E-state index contributed by atoms with van der Waals surface area (Å²) in [6.45, 7) is 0.789. The van der Waals surface area contributed by atoms with Crippen molar-refractivity contribution >= 4 is 33.0 Å². The van der Waals surface area contributed by atoms with Gasteiger partial charge < -0.3 is 0 Å². The molecule has 0 radical (unpaired) electrons. The largest absolute Gasteiger partial charge is 0.243 e. The first kappa shape index (κ1) is 19.4. The van der Waals surface area contributed by atoms with E-state index >= 15 is 0 Å². The Morgan fingerprint density at radius 2 is 1.86 bits per heavy atom. The molecule has 1 aliphatic rings. The van der Waals surface area contributed by atoms with Crippen molar-refractivity contribution in [3.05, 3.63) is 64.4 Å². The number of rotatable bonds is 4. The van der Waals surface area contributed by atoms with Crippen LogP contribution in [0, 0.1) is 5.82 Å². The molecule has 28 heavy (non-hydrogen) atoms. The molecule has 1 saturated heterocycles. The Morgan fingerprint density at radius 3 is 2.61 bits per heavy atom. The smallest absolute Gasteiger partial charge is 0.207 e. The first-order valence-corrected chi connectivity index (χ1v) is 11.4. The predicted octanol–water partition coefficient (Wildman–Crippen LogP) is 4.57. The number of nitrogens with zero attached hydrogens (tertiary/aromatic N) is 3. The Morgan fingerprint density at radius 1 is 1.11 bits per heavy atom. The van der Waals surface area contributed by atoms with Crippen LogP contribution in [-0.2, 0) is 10.0 Å². The number of aromatic nitrogens is 2. The molecule has 2 heterocycles. The van der Waals surface area contributed by atoms with Crippen molar-refractivity contribution in [2.45, 2.75) is 23.7 Å². The molecule has 0 bridgehead atoms. The summed E-state index contributed by atoms with van der Waals surface area (Å²) in [5.74, 6) is -0.408. The fourth-order valence-electron chi connectivity index (χ4n) is 3.26. The molecule has 9 heteroatoms. The van der Waals surface area contributed by atoms with Gasteiger partial charge in [-0.15, -0.1) is 10.2 Å². The van der Waals surface area contributed by atoms with Crippen LogP contribution in [-0.4, -0.2) is 36.0 Å². The summed E-state index contributed by atoms with van der Waals surface area (Å²) in [6.07, 6.45) is 1.55. The lowest BCUT2D eigenvalue weighted by molar-refractivity contribution is 0.314. The quantitative estimate of drug-likeness (QED) is 0.600. The Bertz CT molecular complexity index is 1090. The Kier molecular flexibility index (Phi) is 5.46. The van der Waals surface area contributed by atoms with Gasteiger partial charge in [-0.2, -0.15) is 4.31 Å². The summed E-state index contributed by atoms with van der Waals surface area (Å²) < 4.78 is 41.4. The summed E-state index contributed by atoms with van der Waals surface area (Å²) >= 11 is 7.18. The molecule has 0 spiro atoms. The zero-order valence-electron chi connectivity index (χ0n) is 14.8. The van der Waals surface area contributed by atoms with Gasteiger partial charge >= 0.3 is 0 Å². The highest BCUT2D eigenvalue weighted by molar-refractivity contribution is 7.89. The van der Waals surface area contributed by atoms with Gasteiger partial charge in [-0.1, -0.05) is 35.1 Å². The van der Waals surface area contributed by atoms with Crippen LogP contribution in [0.3, 0.4) is 0 Å². The fourth-order valence-corrected chi connectivity index (χ4v) is 5.91. The molecule has 1 unspecified atom stereocenters. The third-order valence-corrected chi connectivity index (χ3v) is 7.98. The first-order valence-electron chi connectivity index (χ1n) is 8.79. The summed E-state index contributed by atoms with van der Waals surface area (Å²) in [5.41, 5.74) is 0.410. The van der Waals surface area contributed by atoms with Gasteiger partial charge in [0.25, 0.3) is 0 Å². The van der Waals surface area contributed by atoms with Gasteiger partial charge in [-0.05, 0) is 49.2 Å². The monoisotopic (exact) mass is 437 g/mol. The highest BCUT2D eigenvalue weighted by Gasteiger charge is 2.32. The topological polar surface area (TPSA) is 63.2 Å². The van der Waals surface area contributed by atoms with Gasteiger partial charge in [-0.25, -0.2) is 12.8 Å². The van der Waals surface area contributed by atoms with Crippen molar-refractivity contribution in [2.24, 2.45) is 0 Å². The molecule has 0 aliphatic carbocycles. The average Bonchev–Trinajstić information content (AvgIpc) is 3.19. The SMILES string of the molecule is O=S(=O)(c1ccc(Cl)cc1)N1CCCC(c2nnc(-c3ccccc3F)s2)C1. The number of halogens is 2. The number of hydrogen-bond acceptors (Lipinski definition) is 5. The van der Waals surface area contributed by atoms with E-state index in [1.807, 2.05) is 0 Å². The van der Waals surface area contributed by atoms with Crippen molar-refractivity contribution in [2.75, 3.05) is 13.1 Å². The summed E-state index contributed by atoms with van der Waals surface area (Å²) in [4.78, 5) is 0.224. The maximum absolute atomic E-state index is 14.0. The predicted molar refractivity (Wildman–Crippen MR) is 107 cm³/mol. The minimum Gasteiger partial charge on any atom is -0.207 e. The van der Waals surface area contributed by atoms with Crippen molar-refractivity contribution < 1.29 is 12.8 Å². The van der Waals surface area contributed by atoms with E-state index in [4.69, 9.17) is 11.6 Å². The molecular formula is C19H17ClFN3O2S2. The molecule has 4 rings (SSSR count). The van der Waals surface area contributed by atoms with Crippen LogP contribution in [0.4, 0.5) is 4.39 Å². The van der Waals surface area contributed by atoms with Crippen LogP contribution in [0.5, 0.6) is 0 Å². The van der Waals surface area contributed by atoms with Crippen LogP contribution in [0.15, 0.2) is 53.4 Å². The molecule has 1 aliphatic heterocycles.